The molecule has 0 bridgehead atoms. The van der Waals surface area contributed by atoms with E-state index in [0.29, 0.717) is 18.8 Å². The van der Waals surface area contributed by atoms with Crippen LogP contribution >= 0.6 is 0 Å². The number of hydrogen-bond acceptors (Lipinski definition) is 4. The van der Waals surface area contributed by atoms with E-state index in [1.54, 1.807) is 19.1 Å². The number of nitro groups is 1. The van der Waals surface area contributed by atoms with Crippen molar-refractivity contribution in [3.05, 3.63) is 33.9 Å². The average molecular weight is 251 g/mol. The fourth-order valence-electron chi connectivity index (χ4n) is 1.70. The van der Waals surface area contributed by atoms with Crippen LogP contribution in [0, 0.1) is 10.1 Å². The van der Waals surface area contributed by atoms with Gasteiger partial charge in [0.2, 0.25) is 0 Å². The highest BCUT2D eigenvalue weighted by Crippen LogP contribution is 2.28. The highest BCUT2D eigenvalue weighted by atomic mass is 16.6. The molecule has 0 unspecified atom stereocenters. The molecular weight excluding hydrogens is 234 g/mol. The molecule has 0 radical (unpaired) electrons. The molecule has 18 heavy (non-hydrogen) atoms. The van der Waals surface area contributed by atoms with Crippen molar-refractivity contribution in [1.29, 1.82) is 0 Å². The van der Waals surface area contributed by atoms with Gasteiger partial charge in [-0.25, -0.2) is 0 Å². The van der Waals surface area contributed by atoms with Crippen molar-refractivity contribution in [3.8, 4) is 5.75 Å². The molecule has 0 aromatic heterocycles. The molecule has 1 rings (SSSR count). The number of benzene rings is 1. The zero-order valence-corrected chi connectivity index (χ0v) is 10.4. The smallest absolute Gasteiger partial charge is 0.311 e. The van der Waals surface area contributed by atoms with E-state index in [-0.39, 0.29) is 5.69 Å². The molecule has 1 aromatic carbocycles. The van der Waals surface area contributed by atoms with E-state index >= 15 is 0 Å². The molecule has 5 heteroatoms. The maximum Gasteiger partial charge on any atom is 0.311 e. The van der Waals surface area contributed by atoms with Crippen LogP contribution in [-0.4, -0.2) is 17.8 Å². The highest BCUT2D eigenvalue weighted by molar-refractivity contribution is 5.49. The van der Waals surface area contributed by atoms with Gasteiger partial charge in [-0.2, -0.15) is 0 Å². The van der Waals surface area contributed by atoms with Crippen LogP contribution in [0.15, 0.2) is 18.2 Å². The summed E-state index contributed by atoms with van der Waals surface area (Å²) in [5.74, 6) is 0.305. The lowest BCUT2D eigenvalue weighted by Crippen LogP contribution is -1.98. The molecule has 98 valence electrons. The summed E-state index contributed by atoms with van der Waals surface area (Å²) in [6.07, 6.45) is 3.83. The summed E-state index contributed by atoms with van der Waals surface area (Å²) in [6.45, 7) is 2.19. The quantitative estimate of drug-likeness (QED) is 0.308. The molecule has 0 fully saturated rings. The Kier molecular flexibility index (Phi) is 5.84. The number of aldehydes is 1. The zero-order valence-electron chi connectivity index (χ0n) is 10.4. The predicted molar refractivity (Wildman–Crippen MR) is 67.9 cm³/mol. The Morgan fingerprint density at radius 1 is 1.39 bits per heavy atom. The van der Waals surface area contributed by atoms with Gasteiger partial charge < -0.3 is 9.53 Å². The second kappa shape index (κ2) is 7.42. The summed E-state index contributed by atoms with van der Waals surface area (Å²) in [7, 11) is 0. The molecule has 0 spiro atoms. The lowest BCUT2D eigenvalue weighted by atomic mass is 10.1. The molecule has 0 amide bonds. The van der Waals surface area contributed by atoms with Gasteiger partial charge in [-0.1, -0.05) is 6.07 Å². The van der Waals surface area contributed by atoms with Crippen LogP contribution in [0.5, 0.6) is 5.75 Å². The monoisotopic (exact) mass is 251 g/mol. The lowest BCUT2D eigenvalue weighted by molar-refractivity contribution is -0.385. The SMILES string of the molecule is CCOc1ccc(CCCCC=O)cc1[N+](=O)[O-]. The van der Waals surface area contributed by atoms with Gasteiger partial charge in [0.15, 0.2) is 5.75 Å². The van der Waals surface area contributed by atoms with Crippen molar-refractivity contribution in [1.82, 2.24) is 0 Å². The summed E-state index contributed by atoms with van der Waals surface area (Å²) in [5.41, 5.74) is 0.904. The standard InChI is InChI=1S/C13H17NO4/c1-2-18-13-8-7-11(6-4-3-5-9-15)10-12(13)14(16)17/h7-10H,2-6H2,1H3. The lowest BCUT2D eigenvalue weighted by Gasteiger charge is -2.06. The van der Waals surface area contributed by atoms with E-state index in [1.165, 1.54) is 0 Å². The van der Waals surface area contributed by atoms with E-state index in [9.17, 15) is 14.9 Å². The molecule has 0 aliphatic heterocycles. The molecule has 5 nitrogen and oxygen atoms in total. The zero-order chi connectivity index (χ0) is 13.4. The first-order valence-corrected chi connectivity index (χ1v) is 6.02. The summed E-state index contributed by atoms with van der Waals surface area (Å²) >= 11 is 0. The van der Waals surface area contributed by atoms with Gasteiger partial charge in [0.25, 0.3) is 0 Å². The fraction of sp³-hybridized carbons (Fsp3) is 0.462. The molecule has 1 aromatic rings. The molecule has 0 saturated heterocycles. The molecule has 0 N–H and O–H groups in total. The number of carbonyl (C=O) groups excluding carboxylic acids is 1. The van der Waals surface area contributed by atoms with E-state index in [0.717, 1.165) is 31.1 Å². The fourth-order valence-corrected chi connectivity index (χ4v) is 1.70. The highest BCUT2D eigenvalue weighted by Gasteiger charge is 2.15. The molecule has 0 heterocycles. The normalized spacial score (nSPS) is 10.1. The van der Waals surface area contributed by atoms with Crippen LogP contribution in [0.1, 0.15) is 31.7 Å². The number of nitro benzene ring substituents is 1. The number of carbonyl (C=O) groups is 1. The minimum atomic E-state index is -0.431. The Morgan fingerprint density at radius 3 is 2.78 bits per heavy atom. The third-order valence-corrected chi connectivity index (χ3v) is 2.56. The first-order chi connectivity index (χ1) is 8.69. The van der Waals surface area contributed by atoms with E-state index in [2.05, 4.69) is 0 Å². The number of aryl methyl sites for hydroxylation is 1. The minimum Gasteiger partial charge on any atom is -0.487 e. The maximum atomic E-state index is 10.9. The van der Waals surface area contributed by atoms with Crippen LogP contribution < -0.4 is 4.74 Å². The Bertz CT molecular complexity index is 417. The van der Waals surface area contributed by atoms with Gasteiger partial charge in [-0.05, 0) is 37.8 Å². The topological polar surface area (TPSA) is 69.4 Å². The van der Waals surface area contributed by atoms with Gasteiger partial charge in [0.1, 0.15) is 6.29 Å². The van der Waals surface area contributed by atoms with Gasteiger partial charge in [-0.3, -0.25) is 10.1 Å². The van der Waals surface area contributed by atoms with Crippen LogP contribution in [-0.2, 0) is 11.2 Å². The molecule has 0 atom stereocenters. The predicted octanol–water partition coefficient (Wildman–Crippen LogP) is 2.91. The number of rotatable bonds is 8. The van der Waals surface area contributed by atoms with Crippen LogP contribution in [0.25, 0.3) is 0 Å². The average Bonchev–Trinajstić information content (AvgIpc) is 2.36. The van der Waals surface area contributed by atoms with Crippen molar-refractivity contribution < 1.29 is 14.5 Å². The number of unbranched alkanes of at least 4 members (excludes halogenated alkanes) is 2. The van der Waals surface area contributed by atoms with Crippen molar-refractivity contribution in [2.75, 3.05) is 6.61 Å². The van der Waals surface area contributed by atoms with E-state index < -0.39 is 4.92 Å². The van der Waals surface area contributed by atoms with Crippen molar-refractivity contribution in [3.63, 3.8) is 0 Å². The summed E-state index contributed by atoms with van der Waals surface area (Å²) in [6, 6.07) is 5.02. The van der Waals surface area contributed by atoms with E-state index in [1.807, 2.05) is 6.07 Å². The summed E-state index contributed by atoms with van der Waals surface area (Å²) in [5, 5.41) is 10.9. The molecule has 0 aliphatic carbocycles. The minimum absolute atomic E-state index is 0.00439. The van der Waals surface area contributed by atoms with Crippen molar-refractivity contribution in [2.24, 2.45) is 0 Å². The third-order valence-electron chi connectivity index (χ3n) is 2.56. The van der Waals surface area contributed by atoms with Gasteiger partial charge in [-0.15, -0.1) is 0 Å². The molecular formula is C13H17NO4. The van der Waals surface area contributed by atoms with Crippen molar-refractivity contribution >= 4 is 12.0 Å². The van der Waals surface area contributed by atoms with Gasteiger partial charge in [0.05, 0.1) is 11.5 Å². The van der Waals surface area contributed by atoms with E-state index in [4.69, 9.17) is 4.74 Å². The van der Waals surface area contributed by atoms with Crippen molar-refractivity contribution in [2.45, 2.75) is 32.6 Å². The van der Waals surface area contributed by atoms with Crippen LogP contribution in [0.3, 0.4) is 0 Å². The second-order valence-corrected chi connectivity index (χ2v) is 3.90. The number of ether oxygens (including phenoxy) is 1. The third kappa shape index (κ3) is 4.16. The largest absolute Gasteiger partial charge is 0.487 e. The van der Waals surface area contributed by atoms with Gasteiger partial charge >= 0.3 is 5.69 Å². The second-order valence-electron chi connectivity index (χ2n) is 3.90. The Morgan fingerprint density at radius 2 is 2.17 bits per heavy atom. The first-order valence-electron chi connectivity index (χ1n) is 6.02. The van der Waals surface area contributed by atoms with Crippen LogP contribution in [0.2, 0.25) is 0 Å². The molecule has 0 saturated carbocycles. The number of hydrogen-bond donors (Lipinski definition) is 0. The Balaban J connectivity index is 2.73. The Hall–Kier alpha value is -1.91. The van der Waals surface area contributed by atoms with Crippen LogP contribution in [0.4, 0.5) is 5.69 Å². The summed E-state index contributed by atoms with van der Waals surface area (Å²) < 4.78 is 5.21. The molecule has 0 aliphatic rings. The first kappa shape index (κ1) is 14.2. The summed E-state index contributed by atoms with van der Waals surface area (Å²) in [4.78, 5) is 20.6. The van der Waals surface area contributed by atoms with Gasteiger partial charge in [0, 0.05) is 12.5 Å². The Labute approximate surface area is 106 Å². The maximum absolute atomic E-state index is 10.9. The number of nitrogens with zero attached hydrogens (tertiary/aromatic N) is 1.